The third kappa shape index (κ3) is 2.37. The van der Waals surface area contributed by atoms with Gasteiger partial charge in [0.05, 0.1) is 16.2 Å². The molecule has 94 valence electrons. The van der Waals surface area contributed by atoms with Crippen LogP contribution in [0.4, 0.5) is 5.69 Å². The van der Waals surface area contributed by atoms with Crippen LogP contribution in [0.5, 0.6) is 0 Å². The van der Waals surface area contributed by atoms with Crippen LogP contribution in [-0.2, 0) is 0 Å². The Morgan fingerprint density at radius 3 is 2.63 bits per heavy atom. The van der Waals surface area contributed by atoms with Crippen molar-refractivity contribution in [1.82, 2.24) is 9.97 Å². The van der Waals surface area contributed by atoms with E-state index in [-0.39, 0.29) is 0 Å². The topological polar surface area (TPSA) is 51.8 Å². The lowest BCUT2D eigenvalue weighted by molar-refractivity contribution is 1.13. The van der Waals surface area contributed by atoms with Gasteiger partial charge in [-0.1, -0.05) is 23.4 Å². The Labute approximate surface area is 119 Å². The summed E-state index contributed by atoms with van der Waals surface area (Å²) in [6.07, 6.45) is 3.47. The third-order valence-corrected chi connectivity index (χ3v) is 4.23. The maximum absolute atomic E-state index is 6.19. The van der Waals surface area contributed by atoms with Crippen molar-refractivity contribution in [3.63, 3.8) is 0 Å². The van der Waals surface area contributed by atoms with Gasteiger partial charge in [0.2, 0.25) is 0 Å². The van der Waals surface area contributed by atoms with E-state index in [0.717, 1.165) is 20.8 Å². The van der Waals surface area contributed by atoms with Crippen LogP contribution in [0.25, 0.3) is 10.9 Å². The van der Waals surface area contributed by atoms with E-state index >= 15 is 0 Å². The Morgan fingerprint density at radius 1 is 1.00 bits per heavy atom. The number of nitrogens with zero attached hydrogens (tertiary/aromatic N) is 2. The quantitative estimate of drug-likeness (QED) is 0.723. The maximum Gasteiger partial charge on any atom is 0.119 e. The van der Waals surface area contributed by atoms with Gasteiger partial charge in [0.25, 0.3) is 0 Å². The fourth-order valence-electron chi connectivity index (χ4n) is 1.79. The number of anilines is 1. The molecule has 2 heterocycles. The molecular weight excluding hydrogens is 278 g/mol. The van der Waals surface area contributed by atoms with Gasteiger partial charge in [-0.05, 0) is 36.4 Å². The number of hydrogen-bond acceptors (Lipinski definition) is 4. The number of rotatable bonds is 2. The van der Waals surface area contributed by atoms with Crippen LogP contribution in [0.15, 0.2) is 58.7 Å². The molecule has 1 aromatic carbocycles. The first kappa shape index (κ1) is 12.3. The van der Waals surface area contributed by atoms with Gasteiger partial charge < -0.3 is 5.73 Å². The monoisotopic (exact) mass is 287 g/mol. The SMILES string of the molecule is Nc1c(Sc2ncccc2Cl)ccc2ncccc12. The second-order valence-electron chi connectivity index (χ2n) is 3.94. The molecule has 0 aliphatic carbocycles. The highest BCUT2D eigenvalue weighted by molar-refractivity contribution is 7.99. The number of nitrogens with two attached hydrogens (primary N) is 1. The first-order valence-corrected chi connectivity index (χ1v) is 6.87. The number of nitrogen functional groups attached to an aromatic ring is 1. The number of hydrogen-bond donors (Lipinski definition) is 1. The first-order chi connectivity index (χ1) is 9.25. The first-order valence-electron chi connectivity index (χ1n) is 5.67. The highest BCUT2D eigenvalue weighted by Crippen LogP contribution is 2.37. The molecular formula is C14H10ClN3S. The van der Waals surface area contributed by atoms with Gasteiger partial charge in [0, 0.05) is 22.7 Å². The minimum absolute atomic E-state index is 0.623. The van der Waals surface area contributed by atoms with E-state index in [2.05, 4.69) is 9.97 Å². The van der Waals surface area contributed by atoms with Crippen molar-refractivity contribution < 1.29 is 0 Å². The van der Waals surface area contributed by atoms with Crippen LogP contribution in [0.2, 0.25) is 5.02 Å². The Hall–Kier alpha value is -1.78. The van der Waals surface area contributed by atoms with Crippen molar-refractivity contribution in [2.45, 2.75) is 9.92 Å². The van der Waals surface area contributed by atoms with E-state index < -0.39 is 0 Å². The number of halogens is 1. The van der Waals surface area contributed by atoms with Gasteiger partial charge in [-0.3, -0.25) is 4.98 Å². The van der Waals surface area contributed by atoms with Crippen LogP contribution in [0, 0.1) is 0 Å². The molecule has 0 amide bonds. The minimum Gasteiger partial charge on any atom is -0.397 e. The van der Waals surface area contributed by atoms with Gasteiger partial charge in [-0.2, -0.15) is 0 Å². The molecule has 3 nitrogen and oxygen atoms in total. The van der Waals surface area contributed by atoms with Crippen molar-refractivity contribution in [3.05, 3.63) is 53.8 Å². The number of benzene rings is 1. The lowest BCUT2D eigenvalue weighted by Gasteiger charge is -2.08. The zero-order valence-electron chi connectivity index (χ0n) is 9.88. The lowest BCUT2D eigenvalue weighted by atomic mass is 10.2. The highest BCUT2D eigenvalue weighted by atomic mass is 35.5. The van der Waals surface area contributed by atoms with Crippen molar-refractivity contribution in [1.29, 1.82) is 0 Å². The fourth-order valence-corrected chi connectivity index (χ4v) is 2.88. The van der Waals surface area contributed by atoms with E-state index in [4.69, 9.17) is 17.3 Å². The van der Waals surface area contributed by atoms with Crippen LogP contribution in [0.1, 0.15) is 0 Å². The molecule has 19 heavy (non-hydrogen) atoms. The summed E-state index contributed by atoms with van der Waals surface area (Å²) < 4.78 is 0. The standard InChI is InChI=1S/C14H10ClN3S/c15-10-4-2-8-18-14(10)19-12-6-5-11-9(13(12)16)3-1-7-17-11/h1-8H,16H2. The second-order valence-corrected chi connectivity index (χ2v) is 5.38. The summed E-state index contributed by atoms with van der Waals surface area (Å²) in [4.78, 5) is 9.46. The molecule has 0 saturated carbocycles. The lowest BCUT2D eigenvalue weighted by Crippen LogP contribution is -1.92. The molecule has 2 aromatic heterocycles. The largest absolute Gasteiger partial charge is 0.397 e. The fraction of sp³-hybridized carbons (Fsp3) is 0. The van der Waals surface area contributed by atoms with Crippen LogP contribution in [-0.4, -0.2) is 9.97 Å². The number of pyridine rings is 2. The zero-order chi connectivity index (χ0) is 13.2. The molecule has 0 atom stereocenters. The average Bonchev–Trinajstić information content (AvgIpc) is 2.44. The summed E-state index contributed by atoms with van der Waals surface area (Å²) in [5.41, 5.74) is 7.78. The van der Waals surface area contributed by atoms with Gasteiger partial charge in [0.15, 0.2) is 0 Å². The van der Waals surface area contributed by atoms with Crippen molar-refractivity contribution in [3.8, 4) is 0 Å². The normalized spacial score (nSPS) is 10.8. The molecule has 0 unspecified atom stereocenters. The van der Waals surface area contributed by atoms with Gasteiger partial charge >= 0.3 is 0 Å². The minimum atomic E-state index is 0.623. The number of fused-ring (bicyclic) bond motifs is 1. The Balaban J connectivity index is 2.07. The molecule has 0 fully saturated rings. The van der Waals surface area contributed by atoms with Crippen molar-refractivity contribution >= 4 is 40.0 Å². The van der Waals surface area contributed by atoms with Crippen LogP contribution in [0.3, 0.4) is 0 Å². The molecule has 0 aliphatic heterocycles. The zero-order valence-corrected chi connectivity index (χ0v) is 11.4. The van der Waals surface area contributed by atoms with Gasteiger partial charge in [-0.15, -0.1) is 0 Å². The Morgan fingerprint density at radius 2 is 1.79 bits per heavy atom. The molecule has 0 aliphatic rings. The number of aromatic nitrogens is 2. The molecule has 3 aromatic rings. The van der Waals surface area contributed by atoms with Crippen molar-refractivity contribution in [2.24, 2.45) is 0 Å². The molecule has 0 bridgehead atoms. The predicted octanol–water partition coefficient (Wildman–Crippen LogP) is 4.02. The van der Waals surface area contributed by atoms with E-state index in [1.165, 1.54) is 11.8 Å². The molecule has 3 rings (SSSR count). The van der Waals surface area contributed by atoms with E-state index in [0.29, 0.717) is 10.7 Å². The van der Waals surface area contributed by atoms with Crippen LogP contribution < -0.4 is 5.73 Å². The average molecular weight is 288 g/mol. The summed E-state index contributed by atoms with van der Waals surface area (Å²) in [6.45, 7) is 0. The maximum atomic E-state index is 6.19. The van der Waals surface area contributed by atoms with Crippen molar-refractivity contribution in [2.75, 3.05) is 5.73 Å². The predicted molar refractivity (Wildman–Crippen MR) is 79.5 cm³/mol. The summed E-state index contributed by atoms with van der Waals surface area (Å²) in [5, 5.41) is 2.32. The highest BCUT2D eigenvalue weighted by Gasteiger charge is 2.09. The van der Waals surface area contributed by atoms with E-state index in [1.807, 2.05) is 30.3 Å². The molecule has 0 saturated heterocycles. The van der Waals surface area contributed by atoms with E-state index in [1.54, 1.807) is 18.5 Å². The summed E-state index contributed by atoms with van der Waals surface area (Å²) in [7, 11) is 0. The smallest absolute Gasteiger partial charge is 0.119 e. The molecule has 2 N–H and O–H groups in total. The summed E-state index contributed by atoms with van der Waals surface area (Å²) in [5.74, 6) is 0. The Kier molecular flexibility index (Phi) is 3.27. The Bertz CT molecular complexity index is 746. The van der Waals surface area contributed by atoms with Gasteiger partial charge in [-0.25, -0.2) is 4.98 Å². The summed E-state index contributed by atoms with van der Waals surface area (Å²) >= 11 is 7.57. The second kappa shape index (κ2) is 5.07. The molecule has 0 spiro atoms. The third-order valence-electron chi connectivity index (χ3n) is 2.72. The van der Waals surface area contributed by atoms with Crippen LogP contribution >= 0.6 is 23.4 Å². The van der Waals surface area contributed by atoms with E-state index in [9.17, 15) is 0 Å². The molecule has 0 radical (unpaired) electrons. The summed E-state index contributed by atoms with van der Waals surface area (Å²) in [6, 6.07) is 11.4. The molecule has 5 heteroatoms. The van der Waals surface area contributed by atoms with Gasteiger partial charge in [0.1, 0.15) is 5.03 Å².